The SMILES string of the molecule is COc1ccc(NC(=O)c2ccc(Cl)o2)cc1Br. The fourth-order valence-electron chi connectivity index (χ4n) is 1.37. The van der Waals surface area contributed by atoms with E-state index in [9.17, 15) is 4.79 Å². The van der Waals surface area contributed by atoms with Crippen molar-refractivity contribution in [3.8, 4) is 5.75 Å². The number of hydrogen-bond donors (Lipinski definition) is 1. The number of methoxy groups -OCH3 is 1. The topological polar surface area (TPSA) is 51.5 Å². The van der Waals surface area contributed by atoms with Crippen molar-refractivity contribution >= 4 is 39.1 Å². The van der Waals surface area contributed by atoms with E-state index in [0.29, 0.717) is 11.4 Å². The zero-order valence-electron chi connectivity index (χ0n) is 9.37. The molecule has 1 N–H and O–H groups in total. The fraction of sp³-hybridized carbons (Fsp3) is 0.0833. The van der Waals surface area contributed by atoms with Crippen LogP contribution >= 0.6 is 27.5 Å². The summed E-state index contributed by atoms with van der Waals surface area (Å²) in [6, 6.07) is 8.23. The summed E-state index contributed by atoms with van der Waals surface area (Å²) in [6.07, 6.45) is 0. The highest BCUT2D eigenvalue weighted by molar-refractivity contribution is 9.10. The molecule has 0 fully saturated rings. The van der Waals surface area contributed by atoms with Crippen LogP contribution in [-0.2, 0) is 0 Å². The summed E-state index contributed by atoms with van der Waals surface area (Å²) >= 11 is 8.94. The van der Waals surface area contributed by atoms with Crippen molar-refractivity contribution in [2.24, 2.45) is 0 Å². The van der Waals surface area contributed by atoms with E-state index in [1.165, 1.54) is 12.1 Å². The number of halogens is 2. The first-order chi connectivity index (χ1) is 8.60. The number of carbonyl (C=O) groups is 1. The van der Waals surface area contributed by atoms with Gasteiger partial charge in [-0.2, -0.15) is 0 Å². The maximum Gasteiger partial charge on any atom is 0.291 e. The van der Waals surface area contributed by atoms with Gasteiger partial charge in [0.25, 0.3) is 5.91 Å². The molecule has 1 aromatic heterocycles. The molecule has 0 unspecified atom stereocenters. The quantitative estimate of drug-likeness (QED) is 0.927. The van der Waals surface area contributed by atoms with Gasteiger partial charge in [0.05, 0.1) is 11.6 Å². The number of furan rings is 1. The Kier molecular flexibility index (Phi) is 3.93. The van der Waals surface area contributed by atoms with Gasteiger partial charge in [0.1, 0.15) is 5.75 Å². The molecular weight excluding hydrogens is 321 g/mol. The van der Waals surface area contributed by atoms with Crippen molar-refractivity contribution in [1.82, 2.24) is 0 Å². The average Bonchev–Trinajstić information content (AvgIpc) is 2.76. The van der Waals surface area contributed by atoms with Crippen molar-refractivity contribution in [2.75, 3.05) is 12.4 Å². The molecule has 0 aliphatic heterocycles. The summed E-state index contributed by atoms with van der Waals surface area (Å²) in [5, 5.41) is 2.86. The van der Waals surface area contributed by atoms with E-state index >= 15 is 0 Å². The standard InChI is InChI=1S/C12H9BrClNO3/c1-17-9-3-2-7(6-8(9)13)15-12(16)10-4-5-11(14)18-10/h2-6H,1H3,(H,15,16). The molecule has 94 valence electrons. The van der Waals surface area contributed by atoms with Crippen LogP contribution in [0, 0.1) is 0 Å². The Morgan fingerprint density at radius 2 is 2.17 bits per heavy atom. The molecule has 18 heavy (non-hydrogen) atoms. The molecule has 0 aliphatic rings. The highest BCUT2D eigenvalue weighted by Crippen LogP contribution is 2.28. The number of amides is 1. The van der Waals surface area contributed by atoms with E-state index in [1.807, 2.05) is 0 Å². The van der Waals surface area contributed by atoms with Gasteiger partial charge in [-0.15, -0.1) is 0 Å². The summed E-state index contributed by atoms with van der Waals surface area (Å²) in [4.78, 5) is 11.8. The summed E-state index contributed by atoms with van der Waals surface area (Å²) in [7, 11) is 1.57. The second-order valence-corrected chi connectivity index (χ2v) is 4.63. The van der Waals surface area contributed by atoms with E-state index in [0.717, 1.165) is 4.47 Å². The largest absolute Gasteiger partial charge is 0.496 e. The molecule has 0 atom stereocenters. The molecule has 0 radical (unpaired) electrons. The number of rotatable bonds is 3. The van der Waals surface area contributed by atoms with Crippen LogP contribution in [0.1, 0.15) is 10.6 Å². The van der Waals surface area contributed by atoms with Gasteiger partial charge in [0, 0.05) is 5.69 Å². The van der Waals surface area contributed by atoms with Crippen LogP contribution < -0.4 is 10.1 Å². The molecule has 0 aliphatic carbocycles. The second kappa shape index (κ2) is 5.46. The van der Waals surface area contributed by atoms with Crippen molar-refractivity contribution < 1.29 is 13.9 Å². The predicted octanol–water partition coefficient (Wildman–Crippen LogP) is 3.96. The Labute approximate surface area is 117 Å². The van der Waals surface area contributed by atoms with Gasteiger partial charge >= 0.3 is 0 Å². The summed E-state index contributed by atoms with van der Waals surface area (Å²) in [5.41, 5.74) is 0.625. The number of ether oxygens (including phenoxy) is 1. The molecule has 0 spiro atoms. The number of benzene rings is 1. The van der Waals surface area contributed by atoms with E-state index in [2.05, 4.69) is 21.2 Å². The highest BCUT2D eigenvalue weighted by atomic mass is 79.9. The van der Waals surface area contributed by atoms with Crippen molar-refractivity contribution in [3.05, 3.63) is 45.8 Å². The lowest BCUT2D eigenvalue weighted by molar-refractivity contribution is 0.0997. The number of anilines is 1. The van der Waals surface area contributed by atoms with E-state index < -0.39 is 0 Å². The zero-order chi connectivity index (χ0) is 13.1. The third kappa shape index (κ3) is 2.86. The molecule has 4 nitrogen and oxygen atoms in total. The summed E-state index contributed by atoms with van der Waals surface area (Å²) in [6.45, 7) is 0. The van der Waals surface area contributed by atoms with Crippen LogP contribution in [0.25, 0.3) is 0 Å². The van der Waals surface area contributed by atoms with Crippen LogP contribution in [0.3, 0.4) is 0 Å². The summed E-state index contributed by atoms with van der Waals surface area (Å²) in [5.74, 6) is 0.486. The fourth-order valence-corrected chi connectivity index (χ4v) is 2.06. The molecule has 0 saturated carbocycles. The van der Waals surface area contributed by atoms with E-state index in [-0.39, 0.29) is 16.9 Å². The third-order valence-electron chi connectivity index (χ3n) is 2.21. The first-order valence-electron chi connectivity index (χ1n) is 5.00. The minimum atomic E-state index is -0.362. The molecule has 2 rings (SSSR count). The lowest BCUT2D eigenvalue weighted by Gasteiger charge is -2.07. The molecule has 6 heteroatoms. The average molecular weight is 331 g/mol. The normalized spacial score (nSPS) is 10.2. The van der Waals surface area contributed by atoms with Crippen LogP contribution in [0.5, 0.6) is 5.75 Å². The van der Waals surface area contributed by atoms with Gasteiger partial charge < -0.3 is 14.5 Å². The van der Waals surface area contributed by atoms with E-state index in [4.69, 9.17) is 20.8 Å². The second-order valence-electron chi connectivity index (χ2n) is 3.41. The van der Waals surface area contributed by atoms with Crippen molar-refractivity contribution in [1.29, 1.82) is 0 Å². The minimum absolute atomic E-state index is 0.159. The number of hydrogen-bond acceptors (Lipinski definition) is 3. The number of nitrogens with one attached hydrogen (secondary N) is 1. The van der Waals surface area contributed by atoms with Crippen molar-refractivity contribution in [2.45, 2.75) is 0 Å². The lowest BCUT2D eigenvalue weighted by atomic mass is 10.3. The Morgan fingerprint density at radius 1 is 1.39 bits per heavy atom. The lowest BCUT2D eigenvalue weighted by Crippen LogP contribution is -2.10. The Bertz CT molecular complexity index is 582. The van der Waals surface area contributed by atoms with Gasteiger partial charge in [-0.05, 0) is 57.9 Å². The predicted molar refractivity (Wildman–Crippen MR) is 72.4 cm³/mol. The highest BCUT2D eigenvalue weighted by Gasteiger charge is 2.11. The smallest absolute Gasteiger partial charge is 0.291 e. The van der Waals surface area contributed by atoms with Gasteiger partial charge in [-0.3, -0.25) is 4.79 Å². The van der Waals surface area contributed by atoms with Crippen LogP contribution in [0.4, 0.5) is 5.69 Å². The Hall–Kier alpha value is -1.46. The van der Waals surface area contributed by atoms with Gasteiger partial charge in [0.2, 0.25) is 0 Å². The van der Waals surface area contributed by atoms with E-state index in [1.54, 1.807) is 25.3 Å². The number of carbonyl (C=O) groups excluding carboxylic acids is 1. The third-order valence-corrected chi connectivity index (χ3v) is 3.03. The molecule has 1 heterocycles. The first-order valence-corrected chi connectivity index (χ1v) is 6.17. The molecular formula is C12H9BrClNO3. The first kappa shape index (κ1) is 13.0. The maximum absolute atomic E-state index is 11.8. The Balaban J connectivity index is 2.14. The maximum atomic E-state index is 11.8. The van der Waals surface area contributed by atoms with Gasteiger partial charge in [0.15, 0.2) is 11.0 Å². The monoisotopic (exact) mass is 329 g/mol. The van der Waals surface area contributed by atoms with Crippen LogP contribution in [0.15, 0.2) is 39.2 Å². The van der Waals surface area contributed by atoms with Crippen LogP contribution in [0.2, 0.25) is 5.22 Å². The molecule has 1 aromatic carbocycles. The van der Waals surface area contributed by atoms with Crippen molar-refractivity contribution in [3.63, 3.8) is 0 Å². The zero-order valence-corrected chi connectivity index (χ0v) is 11.7. The molecule has 2 aromatic rings. The van der Waals surface area contributed by atoms with Crippen LogP contribution in [-0.4, -0.2) is 13.0 Å². The summed E-state index contributed by atoms with van der Waals surface area (Å²) < 4.78 is 10.9. The molecule has 0 bridgehead atoms. The molecule has 1 amide bonds. The minimum Gasteiger partial charge on any atom is -0.496 e. The molecule has 0 saturated heterocycles. The van der Waals surface area contributed by atoms with Gasteiger partial charge in [-0.25, -0.2) is 0 Å². The Morgan fingerprint density at radius 3 is 2.72 bits per heavy atom. The van der Waals surface area contributed by atoms with Gasteiger partial charge in [-0.1, -0.05) is 0 Å².